The van der Waals surface area contributed by atoms with Gasteiger partial charge in [-0.2, -0.15) is 0 Å². The molecule has 2 rings (SSSR count). The average molecular weight is 315 g/mol. The second kappa shape index (κ2) is 6.95. The fourth-order valence-corrected chi connectivity index (χ4v) is 2.95. The van der Waals surface area contributed by atoms with E-state index in [1.54, 1.807) is 19.2 Å². The standard InChI is InChI=1S/C15H13F4NS/c1-20-13(8-21-10-4-2-3-9(16)7-10)11-5-6-12(17)15(19)14(11)18/h2-7,13,20H,8H2,1H3. The van der Waals surface area contributed by atoms with Crippen molar-refractivity contribution in [2.75, 3.05) is 12.8 Å². The molecule has 0 aliphatic rings. The molecule has 0 aliphatic carbocycles. The molecule has 0 spiro atoms. The van der Waals surface area contributed by atoms with Crippen LogP contribution in [0.2, 0.25) is 0 Å². The van der Waals surface area contributed by atoms with Gasteiger partial charge in [0.25, 0.3) is 0 Å². The highest BCUT2D eigenvalue weighted by atomic mass is 32.2. The zero-order valence-electron chi connectivity index (χ0n) is 11.2. The van der Waals surface area contributed by atoms with E-state index in [1.165, 1.54) is 30.0 Å². The third kappa shape index (κ3) is 3.77. The molecule has 0 saturated heterocycles. The van der Waals surface area contributed by atoms with E-state index in [1.807, 2.05) is 0 Å². The van der Waals surface area contributed by atoms with E-state index in [0.29, 0.717) is 10.6 Å². The number of halogens is 4. The largest absolute Gasteiger partial charge is 0.312 e. The van der Waals surface area contributed by atoms with Gasteiger partial charge in [-0.3, -0.25) is 0 Å². The molecule has 0 aromatic heterocycles. The van der Waals surface area contributed by atoms with Gasteiger partial charge in [0.15, 0.2) is 17.5 Å². The van der Waals surface area contributed by atoms with Gasteiger partial charge in [0.2, 0.25) is 0 Å². The fraction of sp³-hybridized carbons (Fsp3) is 0.200. The van der Waals surface area contributed by atoms with Crippen LogP contribution in [0.1, 0.15) is 11.6 Å². The van der Waals surface area contributed by atoms with Crippen LogP contribution >= 0.6 is 11.8 Å². The van der Waals surface area contributed by atoms with Crippen molar-refractivity contribution in [3.05, 3.63) is 65.2 Å². The molecule has 1 N–H and O–H groups in total. The minimum atomic E-state index is -1.48. The Labute approximate surface area is 124 Å². The Morgan fingerprint density at radius 3 is 2.48 bits per heavy atom. The molecule has 0 radical (unpaired) electrons. The minimum absolute atomic E-state index is 0.0419. The maximum absolute atomic E-state index is 13.8. The van der Waals surface area contributed by atoms with Gasteiger partial charge in [-0.15, -0.1) is 11.8 Å². The van der Waals surface area contributed by atoms with E-state index in [2.05, 4.69) is 5.32 Å². The number of hydrogen-bond acceptors (Lipinski definition) is 2. The SMILES string of the molecule is CNC(CSc1cccc(F)c1)c1ccc(F)c(F)c1F. The summed E-state index contributed by atoms with van der Waals surface area (Å²) in [6.07, 6.45) is 0. The highest BCUT2D eigenvalue weighted by molar-refractivity contribution is 7.99. The Hall–Kier alpha value is -1.53. The van der Waals surface area contributed by atoms with Gasteiger partial charge in [0.1, 0.15) is 5.82 Å². The van der Waals surface area contributed by atoms with Crippen LogP contribution in [0.4, 0.5) is 17.6 Å². The van der Waals surface area contributed by atoms with Crippen molar-refractivity contribution in [2.24, 2.45) is 0 Å². The first kappa shape index (κ1) is 15.9. The van der Waals surface area contributed by atoms with Crippen LogP contribution in [0, 0.1) is 23.3 Å². The van der Waals surface area contributed by atoms with Gasteiger partial charge in [-0.25, -0.2) is 17.6 Å². The van der Waals surface area contributed by atoms with Crippen LogP contribution in [0.3, 0.4) is 0 Å². The molecule has 0 amide bonds. The van der Waals surface area contributed by atoms with E-state index < -0.39 is 23.5 Å². The lowest BCUT2D eigenvalue weighted by Crippen LogP contribution is -2.20. The molecule has 1 nitrogen and oxygen atoms in total. The van der Waals surface area contributed by atoms with Crippen molar-refractivity contribution in [3.63, 3.8) is 0 Å². The maximum Gasteiger partial charge on any atom is 0.194 e. The van der Waals surface area contributed by atoms with Gasteiger partial charge in [-0.05, 0) is 31.3 Å². The molecule has 1 atom stereocenters. The topological polar surface area (TPSA) is 12.0 Å². The second-order valence-corrected chi connectivity index (χ2v) is 5.47. The van der Waals surface area contributed by atoms with Gasteiger partial charge >= 0.3 is 0 Å². The number of nitrogens with one attached hydrogen (secondary N) is 1. The fourth-order valence-electron chi connectivity index (χ4n) is 1.87. The van der Waals surface area contributed by atoms with Crippen molar-refractivity contribution in [2.45, 2.75) is 10.9 Å². The van der Waals surface area contributed by atoms with Crippen molar-refractivity contribution in [3.8, 4) is 0 Å². The first-order valence-electron chi connectivity index (χ1n) is 6.22. The molecule has 0 fully saturated rings. The molecule has 6 heteroatoms. The van der Waals surface area contributed by atoms with E-state index >= 15 is 0 Å². The lowest BCUT2D eigenvalue weighted by atomic mass is 10.1. The number of hydrogen-bond donors (Lipinski definition) is 1. The van der Waals surface area contributed by atoms with E-state index in [4.69, 9.17) is 0 Å². The van der Waals surface area contributed by atoms with Gasteiger partial charge in [-0.1, -0.05) is 12.1 Å². The predicted octanol–water partition coefficient (Wildman–Crippen LogP) is 4.30. The summed E-state index contributed by atoms with van der Waals surface area (Å²) in [4.78, 5) is 0.679. The normalized spacial score (nSPS) is 12.4. The zero-order valence-corrected chi connectivity index (χ0v) is 12.0. The monoisotopic (exact) mass is 315 g/mol. The average Bonchev–Trinajstić information content (AvgIpc) is 2.47. The first-order valence-corrected chi connectivity index (χ1v) is 7.20. The van der Waals surface area contributed by atoms with Gasteiger partial charge in [0.05, 0.1) is 0 Å². The summed E-state index contributed by atoms with van der Waals surface area (Å²) in [6.45, 7) is 0. The molecule has 2 aromatic carbocycles. The van der Waals surface area contributed by atoms with E-state index in [0.717, 1.165) is 6.07 Å². The quantitative estimate of drug-likeness (QED) is 0.502. The molecule has 0 aliphatic heterocycles. The molecule has 1 unspecified atom stereocenters. The van der Waals surface area contributed by atoms with Crippen LogP contribution in [0.5, 0.6) is 0 Å². The molecule has 21 heavy (non-hydrogen) atoms. The molecule has 0 bridgehead atoms. The molecule has 0 heterocycles. The van der Waals surface area contributed by atoms with Crippen LogP contribution in [-0.2, 0) is 0 Å². The second-order valence-electron chi connectivity index (χ2n) is 4.37. The summed E-state index contributed by atoms with van der Waals surface area (Å²) in [6, 6.07) is 7.57. The molecule has 2 aromatic rings. The lowest BCUT2D eigenvalue weighted by molar-refractivity contribution is 0.433. The third-order valence-electron chi connectivity index (χ3n) is 3.00. The lowest BCUT2D eigenvalue weighted by Gasteiger charge is -2.17. The van der Waals surface area contributed by atoms with Gasteiger partial charge < -0.3 is 5.32 Å². The van der Waals surface area contributed by atoms with Crippen molar-refractivity contribution < 1.29 is 17.6 Å². The summed E-state index contributed by atoms with van der Waals surface area (Å²) >= 11 is 1.30. The first-order chi connectivity index (χ1) is 10.0. The maximum atomic E-state index is 13.8. The zero-order chi connectivity index (χ0) is 15.4. The van der Waals surface area contributed by atoms with Crippen LogP contribution < -0.4 is 5.32 Å². The summed E-state index contributed by atoms with van der Waals surface area (Å²) in [5, 5.41) is 2.85. The van der Waals surface area contributed by atoms with Crippen LogP contribution in [-0.4, -0.2) is 12.8 Å². The summed E-state index contributed by atoms with van der Waals surface area (Å²) in [5.74, 6) is -3.91. The Balaban J connectivity index is 2.15. The van der Waals surface area contributed by atoms with Gasteiger partial charge in [0, 0.05) is 22.3 Å². The smallest absolute Gasteiger partial charge is 0.194 e. The Morgan fingerprint density at radius 2 is 1.81 bits per heavy atom. The molecular formula is C15H13F4NS. The summed E-state index contributed by atoms with van der Waals surface area (Å²) in [7, 11) is 1.59. The Morgan fingerprint density at radius 1 is 1.05 bits per heavy atom. The van der Waals surface area contributed by atoms with E-state index in [9.17, 15) is 17.6 Å². The molecule has 0 saturated carbocycles. The van der Waals surface area contributed by atoms with Crippen LogP contribution in [0.25, 0.3) is 0 Å². The number of thioether (sulfide) groups is 1. The molecule has 112 valence electrons. The summed E-state index contributed by atoms with van der Waals surface area (Å²) in [5.41, 5.74) is 0.0419. The number of benzene rings is 2. The number of rotatable bonds is 5. The highest BCUT2D eigenvalue weighted by Gasteiger charge is 2.20. The van der Waals surface area contributed by atoms with Crippen molar-refractivity contribution in [1.82, 2.24) is 5.32 Å². The summed E-state index contributed by atoms with van der Waals surface area (Å²) < 4.78 is 53.1. The van der Waals surface area contributed by atoms with Crippen molar-refractivity contribution >= 4 is 11.8 Å². The molecular weight excluding hydrogens is 302 g/mol. The Kier molecular flexibility index (Phi) is 5.25. The Bertz CT molecular complexity index is 633. The van der Waals surface area contributed by atoms with E-state index in [-0.39, 0.29) is 11.4 Å². The minimum Gasteiger partial charge on any atom is -0.312 e. The highest BCUT2D eigenvalue weighted by Crippen LogP contribution is 2.27. The van der Waals surface area contributed by atoms with Crippen LogP contribution in [0.15, 0.2) is 41.3 Å². The third-order valence-corrected chi connectivity index (χ3v) is 4.09. The predicted molar refractivity (Wildman–Crippen MR) is 75.2 cm³/mol. The van der Waals surface area contributed by atoms with Crippen molar-refractivity contribution in [1.29, 1.82) is 0 Å².